The maximum Gasteiger partial charge on any atom is 0.335 e. The third kappa shape index (κ3) is 4.26. The van der Waals surface area contributed by atoms with Gasteiger partial charge in [0.2, 0.25) is 9.84 Å². The van der Waals surface area contributed by atoms with Crippen molar-refractivity contribution >= 4 is 21.8 Å². The van der Waals surface area contributed by atoms with Crippen LogP contribution in [-0.4, -0.2) is 30.6 Å². The molecule has 0 spiro atoms. The molecule has 0 aliphatic rings. The first-order chi connectivity index (χ1) is 15.8. The van der Waals surface area contributed by atoms with Gasteiger partial charge in [-0.1, -0.05) is 60.7 Å². The minimum Gasteiger partial charge on any atom is -0.478 e. The highest BCUT2D eigenvalue weighted by Crippen LogP contribution is 2.36. The second kappa shape index (κ2) is 8.72. The molecule has 0 aromatic heterocycles. The van der Waals surface area contributed by atoms with E-state index in [1.807, 2.05) is 0 Å². The highest BCUT2D eigenvalue weighted by atomic mass is 32.2. The van der Waals surface area contributed by atoms with Gasteiger partial charge in [-0.25, -0.2) is 18.0 Å². The van der Waals surface area contributed by atoms with Gasteiger partial charge in [-0.2, -0.15) is 0 Å². The van der Waals surface area contributed by atoms with E-state index in [0.29, 0.717) is 22.3 Å². The predicted octanol–water partition coefficient (Wildman–Crippen LogP) is 5.25. The normalized spacial score (nSPS) is 11.2. The minimum absolute atomic E-state index is 0.0226. The van der Waals surface area contributed by atoms with Crippen LogP contribution < -0.4 is 0 Å². The van der Waals surface area contributed by atoms with E-state index in [-0.39, 0.29) is 20.9 Å². The van der Waals surface area contributed by atoms with Crippen LogP contribution in [0.1, 0.15) is 20.7 Å². The Hall–Kier alpha value is -4.23. The van der Waals surface area contributed by atoms with Gasteiger partial charge < -0.3 is 10.2 Å². The van der Waals surface area contributed by atoms with Gasteiger partial charge in [0.25, 0.3) is 0 Å². The maximum atomic E-state index is 13.8. The Labute approximate surface area is 190 Å². The molecule has 6 nitrogen and oxygen atoms in total. The van der Waals surface area contributed by atoms with E-state index in [0.717, 1.165) is 0 Å². The third-order valence-corrected chi connectivity index (χ3v) is 7.06. The molecule has 2 N–H and O–H groups in total. The van der Waals surface area contributed by atoms with Gasteiger partial charge in [0.1, 0.15) is 0 Å². The van der Waals surface area contributed by atoms with Gasteiger partial charge in [0.15, 0.2) is 0 Å². The van der Waals surface area contributed by atoms with Crippen LogP contribution in [0.4, 0.5) is 0 Å². The number of carbonyl (C=O) groups is 2. The lowest BCUT2D eigenvalue weighted by Crippen LogP contribution is -2.06. The van der Waals surface area contributed by atoms with Gasteiger partial charge in [-0.05, 0) is 47.5 Å². The first kappa shape index (κ1) is 22.0. The van der Waals surface area contributed by atoms with E-state index in [1.165, 1.54) is 36.4 Å². The number of hydrogen-bond acceptors (Lipinski definition) is 4. The first-order valence-electron chi connectivity index (χ1n) is 9.89. The van der Waals surface area contributed by atoms with Crippen molar-refractivity contribution < 1.29 is 28.2 Å². The number of sulfone groups is 1. The van der Waals surface area contributed by atoms with E-state index in [2.05, 4.69) is 0 Å². The van der Waals surface area contributed by atoms with Crippen LogP contribution in [0.3, 0.4) is 0 Å². The van der Waals surface area contributed by atoms with Gasteiger partial charge in [-0.3, -0.25) is 0 Å². The van der Waals surface area contributed by atoms with Gasteiger partial charge in [0, 0.05) is 11.1 Å². The number of hydrogen-bond donors (Lipinski definition) is 2. The molecule has 0 heterocycles. The molecule has 0 saturated carbocycles. The summed E-state index contributed by atoms with van der Waals surface area (Å²) in [6.45, 7) is 0. The summed E-state index contributed by atoms with van der Waals surface area (Å²) in [7, 11) is -4.06. The fraction of sp³-hybridized carbons (Fsp3) is 0. The van der Waals surface area contributed by atoms with Crippen LogP contribution in [0, 0.1) is 0 Å². The molecule has 0 radical (unpaired) electrons. The second-order valence-corrected chi connectivity index (χ2v) is 9.15. The summed E-state index contributed by atoms with van der Waals surface area (Å²) in [5, 5.41) is 18.7. The Kier molecular flexibility index (Phi) is 5.81. The summed E-state index contributed by atoms with van der Waals surface area (Å²) in [6.07, 6.45) is 0. The Bertz CT molecular complexity index is 1380. The summed E-state index contributed by atoms with van der Waals surface area (Å²) < 4.78 is 27.7. The Morgan fingerprint density at radius 1 is 0.545 bits per heavy atom. The highest BCUT2D eigenvalue weighted by molar-refractivity contribution is 7.91. The van der Waals surface area contributed by atoms with Crippen molar-refractivity contribution in [2.24, 2.45) is 0 Å². The van der Waals surface area contributed by atoms with Gasteiger partial charge in [-0.15, -0.1) is 0 Å². The molecular weight excluding hydrogens is 440 g/mol. The standard InChI is InChI=1S/C26H18O6S/c27-25(28)19-9-5-7-17(15-19)21-11-1-3-13-23(21)33(31,32)24-14-4-2-12-22(24)18-8-6-10-20(16-18)26(29)30/h1-16H,(H,27,28)(H,29,30). The number of rotatable bonds is 6. The molecule has 0 unspecified atom stereocenters. The van der Waals surface area contributed by atoms with Crippen LogP contribution in [0.5, 0.6) is 0 Å². The summed E-state index contributed by atoms with van der Waals surface area (Å²) >= 11 is 0. The monoisotopic (exact) mass is 458 g/mol. The van der Waals surface area contributed by atoms with E-state index in [4.69, 9.17) is 0 Å². The van der Waals surface area contributed by atoms with E-state index < -0.39 is 21.8 Å². The number of carboxylic acid groups (broad SMARTS) is 2. The molecule has 7 heteroatoms. The topological polar surface area (TPSA) is 109 Å². The Morgan fingerprint density at radius 3 is 1.33 bits per heavy atom. The smallest absolute Gasteiger partial charge is 0.335 e. The lowest BCUT2D eigenvalue weighted by atomic mass is 10.0. The molecule has 4 aromatic carbocycles. The number of carboxylic acids is 2. The molecule has 0 atom stereocenters. The van der Waals surface area contributed by atoms with Crippen LogP contribution in [-0.2, 0) is 9.84 Å². The predicted molar refractivity (Wildman–Crippen MR) is 123 cm³/mol. The van der Waals surface area contributed by atoms with Gasteiger partial charge in [0.05, 0.1) is 20.9 Å². The summed E-state index contributed by atoms with van der Waals surface area (Å²) in [5.74, 6) is -2.22. The molecule has 33 heavy (non-hydrogen) atoms. The third-order valence-electron chi connectivity index (χ3n) is 5.19. The van der Waals surface area contributed by atoms with E-state index in [9.17, 15) is 28.2 Å². The summed E-state index contributed by atoms with van der Waals surface area (Å²) in [5.41, 5.74) is 1.75. The van der Waals surface area contributed by atoms with E-state index in [1.54, 1.807) is 60.7 Å². The molecule has 0 amide bonds. The molecule has 4 aromatic rings. The van der Waals surface area contributed by atoms with Crippen LogP contribution in [0.25, 0.3) is 22.3 Å². The zero-order chi connectivity index (χ0) is 23.6. The molecule has 0 aliphatic carbocycles. The SMILES string of the molecule is O=C(O)c1cccc(-c2ccccc2S(=O)(=O)c2ccccc2-c2cccc(C(=O)O)c2)c1. The van der Waals surface area contributed by atoms with Crippen molar-refractivity contribution in [3.63, 3.8) is 0 Å². The van der Waals surface area contributed by atoms with Crippen molar-refractivity contribution in [1.82, 2.24) is 0 Å². The Balaban J connectivity index is 1.91. The maximum absolute atomic E-state index is 13.8. The highest BCUT2D eigenvalue weighted by Gasteiger charge is 2.25. The fourth-order valence-corrected chi connectivity index (χ4v) is 5.34. The van der Waals surface area contributed by atoms with Crippen molar-refractivity contribution in [2.75, 3.05) is 0 Å². The summed E-state index contributed by atoms with van der Waals surface area (Å²) in [4.78, 5) is 22.9. The average molecular weight is 458 g/mol. The fourth-order valence-electron chi connectivity index (χ4n) is 3.64. The van der Waals surface area contributed by atoms with E-state index >= 15 is 0 Å². The Morgan fingerprint density at radius 2 is 0.939 bits per heavy atom. The zero-order valence-corrected chi connectivity index (χ0v) is 18.0. The number of benzene rings is 4. The first-order valence-corrected chi connectivity index (χ1v) is 11.4. The van der Waals surface area contributed by atoms with Gasteiger partial charge >= 0.3 is 11.9 Å². The lowest BCUT2D eigenvalue weighted by Gasteiger charge is -2.15. The molecule has 0 saturated heterocycles. The molecule has 4 rings (SSSR count). The molecule has 0 aliphatic heterocycles. The quantitative estimate of drug-likeness (QED) is 0.408. The summed E-state index contributed by atoms with van der Waals surface area (Å²) in [6, 6.07) is 24.9. The van der Waals surface area contributed by atoms with Crippen LogP contribution in [0.2, 0.25) is 0 Å². The van der Waals surface area contributed by atoms with Crippen molar-refractivity contribution in [3.05, 3.63) is 108 Å². The van der Waals surface area contributed by atoms with Crippen LogP contribution in [0.15, 0.2) is 107 Å². The number of aromatic carboxylic acids is 2. The van der Waals surface area contributed by atoms with Crippen molar-refractivity contribution in [2.45, 2.75) is 9.79 Å². The van der Waals surface area contributed by atoms with Crippen molar-refractivity contribution in [3.8, 4) is 22.3 Å². The molecule has 0 bridgehead atoms. The molecule has 164 valence electrons. The van der Waals surface area contributed by atoms with Crippen molar-refractivity contribution in [1.29, 1.82) is 0 Å². The molecular formula is C26H18O6S. The zero-order valence-electron chi connectivity index (χ0n) is 17.2. The molecule has 0 fully saturated rings. The van der Waals surface area contributed by atoms with Crippen LogP contribution >= 0.6 is 0 Å². The lowest BCUT2D eigenvalue weighted by molar-refractivity contribution is 0.0686. The second-order valence-electron chi connectivity index (χ2n) is 7.27. The average Bonchev–Trinajstić information content (AvgIpc) is 2.84. The largest absolute Gasteiger partial charge is 0.478 e. The minimum atomic E-state index is -4.06.